The van der Waals surface area contributed by atoms with E-state index in [-0.39, 0.29) is 11.3 Å². The third kappa shape index (κ3) is 4.14. The fraction of sp³-hybridized carbons (Fsp3) is 0.889. The summed E-state index contributed by atoms with van der Waals surface area (Å²) in [6.07, 6.45) is 0.982. The van der Waals surface area contributed by atoms with Gasteiger partial charge in [-0.25, -0.2) is 0 Å². The van der Waals surface area contributed by atoms with Crippen molar-refractivity contribution in [3.8, 4) is 0 Å². The Bertz CT molecular complexity index is 113. The number of hydrogen-bond donors (Lipinski definition) is 0. The summed E-state index contributed by atoms with van der Waals surface area (Å²) in [5, 5.41) is 0. The Hall–Kier alpha value is -0.370. The van der Waals surface area contributed by atoms with Crippen molar-refractivity contribution in [2.24, 2.45) is 11.3 Å². The molecule has 0 radical (unpaired) electrons. The molecule has 0 bridgehead atoms. The first-order valence-corrected chi connectivity index (χ1v) is 4.05. The maximum absolute atomic E-state index is 10.6. The molecule has 0 aromatic rings. The number of hydrogen-bond acceptors (Lipinski definition) is 2. The van der Waals surface area contributed by atoms with Crippen molar-refractivity contribution in [2.75, 3.05) is 13.2 Å². The molecule has 0 heterocycles. The zero-order chi connectivity index (χ0) is 8.91. The fourth-order valence-electron chi connectivity index (χ4n) is 0.738. The summed E-state index contributed by atoms with van der Waals surface area (Å²) in [4.78, 5) is 10.6. The summed E-state index contributed by atoms with van der Waals surface area (Å²) in [6.45, 7) is 9.30. The minimum absolute atomic E-state index is 0.0162. The molecule has 0 rings (SSSR count). The van der Waals surface area contributed by atoms with Crippen LogP contribution in [0.1, 0.15) is 27.7 Å². The SMILES string of the molecule is CCOCC(C=O)C(C)(C)C. The lowest BCUT2D eigenvalue weighted by Crippen LogP contribution is -2.26. The van der Waals surface area contributed by atoms with Crippen molar-refractivity contribution in [3.63, 3.8) is 0 Å². The van der Waals surface area contributed by atoms with Gasteiger partial charge in [-0.2, -0.15) is 0 Å². The van der Waals surface area contributed by atoms with E-state index in [2.05, 4.69) is 0 Å². The van der Waals surface area contributed by atoms with E-state index >= 15 is 0 Å². The van der Waals surface area contributed by atoms with Gasteiger partial charge in [-0.1, -0.05) is 20.8 Å². The lowest BCUT2D eigenvalue weighted by Gasteiger charge is -2.25. The Morgan fingerprint density at radius 3 is 2.27 bits per heavy atom. The van der Waals surface area contributed by atoms with Gasteiger partial charge in [-0.15, -0.1) is 0 Å². The molecule has 0 aliphatic rings. The third-order valence-corrected chi connectivity index (χ3v) is 1.78. The quantitative estimate of drug-likeness (QED) is 0.584. The highest BCUT2D eigenvalue weighted by Crippen LogP contribution is 2.23. The van der Waals surface area contributed by atoms with Crippen LogP contribution in [0.2, 0.25) is 0 Å². The Morgan fingerprint density at radius 2 is 2.00 bits per heavy atom. The molecule has 0 aromatic heterocycles. The minimum Gasteiger partial charge on any atom is -0.381 e. The first-order chi connectivity index (χ1) is 5.02. The summed E-state index contributed by atoms with van der Waals surface area (Å²) in [5.74, 6) is 0.0162. The van der Waals surface area contributed by atoms with E-state index in [0.29, 0.717) is 13.2 Å². The van der Waals surface area contributed by atoms with Crippen LogP contribution in [0.4, 0.5) is 0 Å². The topological polar surface area (TPSA) is 26.3 Å². The number of aldehydes is 1. The fourth-order valence-corrected chi connectivity index (χ4v) is 0.738. The van der Waals surface area contributed by atoms with E-state index in [1.54, 1.807) is 0 Å². The van der Waals surface area contributed by atoms with Crippen molar-refractivity contribution >= 4 is 6.29 Å². The predicted molar refractivity (Wildman–Crippen MR) is 45.5 cm³/mol. The maximum Gasteiger partial charge on any atom is 0.125 e. The molecule has 66 valence electrons. The van der Waals surface area contributed by atoms with Gasteiger partial charge in [-0.05, 0) is 12.3 Å². The van der Waals surface area contributed by atoms with Gasteiger partial charge in [0.2, 0.25) is 0 Å². The first kappa shape index (κ1) is 10.6. The van der Waals surface area contributed by atoms with E-state index in [4.69, 9.17) is 4.74 Å². The van der Waals surface area contributed by atoms with Gasteiger partial charge in [0.1, 0.15) is 6.29 Å². The summed E-state index contributed by atoms with van der Waals surface area (Å²) >= 11 is 0. The van der Waals surface area contributed by atoms with Gasteiger partial charge in [0.15, 0.2) is 0 Å². The highest BCUT2D eigenvalue weighted by molar-refractivity contribution is 5.54. The number of rotatable bonds is 4. The second kappa shape index (κ2) is 4.50. The van der Waals surface area contributed by atoms with E-state index in [1.807, 2.05) is 27.7 Å². The molecule has 2 nitrogen and oxygen atoms in total. The molecule has 0 aliphatic heterocycles. The molecular weight excluding hydrogens is 140 g/mol. The van der Waals surface area contributed by atoms with Gasteiger partial charge < -0.3 is 9.53 Å². The Balaban J connectivity index is 3.86. The summed E-state index contributed by atoms with van der Waals surface area (Å²) in [7, 11) is 0. The van der Waals surface area contributed by atoms with Gasteiger partial charge in [0.25, 0.3) is 0 Å². The van der Waals surface area contributed by atoms with Crippen molar-refractivity contribution in [1.29, 1.82) is 0 Å². The number of ether oxygens (including phenoxy) is 1. The molecule has 11 heavy (non-hydrogen) atoms. The molecule has 2 heteroatoms. The molecule has 1 unspecified atom stereocenters. The van der Waals surface area contributed by atoms with E-state index in [0.717, 1.165) is 6.29 Å². The molecule has 0 saturated carbocycles. The molecular formula is C9H18O2. The van der Waals surface area contributed by atoms with Crippen LogP contribution in [0.15, 0.2) is 0 Å². The lowest BCUT2D eigenvalue weighted by molar-refractivity contribution is -0.116. The molecule has 0 aliphatic carbocycles. The van der Waals surface area contributed by atoms with Crippen LogP contribution in [0.25, 0.3) is 0 Å². The van der Waals surface area contributed by atoms with Crippen LogP contribution >= 0.6 is 0 Å². The van der Waals surface area contributed by atoms with Crippen LogP contribution in [-0.4, -0.2) is 19.5 Å². The molecule has 0 fully saturated rings. The number of carbonyl (C=O) groups is 1. The highest BCUT2D eigenvalue weighted by atomic mass is 16.5. The normalized spacial score (nSPS) is 14.5. The Labute approximate surface area is 68.9 Å². The molecule has 0 saturated heterocycles. The maximum atomic E-state index is 10.6. The summed E-state index contributed by atoms with van der Waals surface area (Å²) in [6, 6.07) is 0. The smallest absolute Gasteiger partial charge is 0.125 e. The standard InChI is InChI=1S/C9H18O2/c1-5-11-7-8(6-10)9(2,3)4/h6,8H,5,7H2,1-4H3. The molecule has 0 aromatic carbocycles. The van der Waals surface area contributed by atoms with Crippen molar-refractivity contribution in [3.05, 3.63) is 0 Å². The number of carbonyl (C=O) groups excluding carboxylic acids is 1. The summed E-state index contributed by atoms with van der Waals surface area (Å²) < 4.78 is 5.18. The zero-order valence-corrected chi connectivity index (χ0v) is 7.89. The Kier molecular flexibility index (Phi) is 4.34. The van der Waals surface area contributed by atoms with E-state index in [1.165, 1.54) is 0 Å². The van der Waals surface area contributed by atoms with Crippen molar-refractivity contribution in [1.82, 2.24) is 0 Å². The van der Waals surface area contributed by atoms with Crippen LogP contribution in [0, 0.1) is 11.3 Å². The highest BCUT2D eigenvalue weighted by Gasteiger charge is 2.23. The van der Waals surface area contributed by atoms with Crippen LogP contribution in [0.5, 0.6) is 0 Å². The average Bonchev–Trinajstić information content (AvgIpc) is 1.87. The van der Waals surface area contributed by atoms with Gasteiger partial charge in [0.05, 0.1) is 6.61 Å². The first-order valence-electron chi connectivity index (χ1n) is 4.05. The minimum atomic E-state index is 0.0162. The van der Waals surface area contributed by atoms with Crippen molar-refractivity contribution < 1.29 is 9.53 Å². The average molecular weight is 158 g/mol. The van der Waals surface area contributed by atoms with Crippen LogP contribution in [-0.2, 0) is 9.53 Å². The second-order valence-electron chi connectivity index (χ2n) is 3.77. The predicted octanol–water partition coefficient (Wildman–Crippen LogP) is 1.88. The van der Waals surface area contributed by atoms with Gasteiger partial charge in [-0.3, -0.25) is 0 Å². The van der Waals surface area contributed by atoms with Crippen LogP contribution < -0.4 is 0 Å². The Morgan fingerprint density at radius 1 is 1.45 bits per heavy atom. The molecule has 1 atom stereocenters. The van der Waals surface area contributed by atoms with Crippen molar-refractivity contribution in [2.45, 2.75) is 27.7 Å². The van der Waals surface area contributed by atoms with Crippen LogP contribution in [0.3, 0.4) is 0 Å². The van der Waals surface area contributed by atoms with Gasteiger partial charge in [0, 0.05) is 12.5 Å². The lowest BCUT2D eigenvalue weighted by atomic mass is 9.82. The molecule has 0 N–H and O–H groups in total. The molecule has 0 spiro atoms. The zero-order valence-electron chi connectivity index (χ0n) is 7.89. The van der Waals surface area contributed by atoms with E-state index < -0.39 is 0 Å². The van der Waals surface area contributed by atoms with E-state index in [9.17, 15) is 4.79 Å². The largest absolute Gasteiger partial charge is 0.381 e. The third-order valence-electron chi connectivity index (χ3n) is 1.78. The monoisotopic (exact) mass is 158 g/mol. The summed E-state index contributed by atoms with van der Waals surface area (Å²) in [5.41, 5.74) is 0.0247. The molecule has 0 amide bonds. The second-order valence-corrected chi connectivity index (χ2v) is 3.77. The van der Waals surface area contributed by atoms with Gasteiger partial charge >= 0.3 is 0 Å².